The van der Waals surface area contributed by atoms with E-state index in [0.717, 1.165) is 52.6 Å². The minimum Gasteiger partial charge on any atom is -0.382 e. The smallest absolute Gasteiger partial charge is 0.151 e. The van der Waals surface area contributed by atoms with Crippen molar-refractivity contribution in [2.45, 2.75) is 26.3 Å². The van der Waals surface area contributed by atoms with Crippen LogP contribution in [0.1, 0.15) is 24.6 Å². The fraction of sp³-hybridized carbons (Fsp3) is 0.174. The number of hydrogen-bond acceptors (Lipinski definition) is 4. The summed E-state index contributed by atoms with van der Waals surface area (Å²) >= 11 is 0. The maximum Gasteiger partial charge on any atom is 0.151 e. The largest absolute Gasteiger partial charge is 0.382 e. The minimum absolute atomic E-state index is 0.493. The molecule has 0 unspecified atom stereocenters. The summed E-state index contributed by atoms with van der Waals surface area (Å²) < 4.78 is 3.90. The van der Waals surface area contributed by atoms with Crippen molar-refractivity contribution in [2.75, 3.05) is 5.73 Å². The first-order chi connectivity index (χ1) is 14.2. The molecule has 2 aromatic carbocycles. The van der Waals surface area contributed by atoms with Crippen LogP contribution in [0.3, 0.4) is 0 Å². The van der Waals surface area contributed by atoms with E-state index in [2.05, 4.69) is 71.7 Å². The summed E-state index contributed by atoms with van der Waals surface area (Å²) in [5.41, 5.74) is 12.5. The van der Waals surface area contributed by atoms with E-state index < -0.39 is 0 Å². The summed E-state index contributed by atoms with van der Waals surface area (Å²) in [6.45, 7) is 2.91. The fourth-order valence-corrected chi connectivity index (χ4v) is 3.87. The molecule has 3 aromatic heterocycles. The lowest BCUT2D eigenvalue weighted by molar-refractivity contribution is 0.696. The molecular weight excluding hydrogens is 360 g/mol. The number of nitrogen functional groups attached to an aromatic ring is 1. The van der Waals surface area contributed by atoms with E-state index in [0.29, 0.717) is 5.82 Å². The third kappa shape index (κ3) is 3.12. The first-order valence-corrected chi connectivity index (χ1v) is 9.85. The fourth-order valence-electron chi connectivity index (χ4n) is 3.87. The number of nitrogens with two attached hydrogens (primary N) is 1. The quantitative estimate of drug-likeness (QED) is 0.491. The number of benzene rings is 2. The van der Waals surface area contributed by atoms with Crippen molar-refractivity contribution in [1.29, 1.82) is 0 Å². The second kappa shape index (κ2) is 7.05. The van der Waals surface area contributed by atoms with Crippen molar-refractivity contribution in [3.05, 3.63) is 78.4 Å². The maximum atomic E-state index is 6.21. The molecule has 3 heterocycles. The molecule has 5 aromatic rings. The predicted octanol–water partition coefficient (Wildman–Crippen LogP) is 4.33. The van der Waals surface area contributed by atoms with Gasteiger partial charge in [-0.2, -0.15) is 10.2 Å². The lowest BCUT2D eigenvalue weighted by Crippen LogP contribution is -2.02. The number of aryl methyl sites for hydroxylation is 1. The Labute approximate surface area is 168 Å². The minimum atomic E-state index is 0.493. The van der Waals surface area contributed by atoms with E-state index in [1.807, 2.05) is 15.3 Å². The van der Waals surface area contributed by atoms with Gasteiger partial charge in [-0.15, -0.1) is 0 Å². The topological polar surface area (TPSA) is 74.0 Å². The molecule has 0 amide bonds. The Hall–Kier alpha value is -3.67. The van der Waals surface area contributed by atoms with Gasteiger partial charge in [-0.05, 0) is 29.7 Å². The molecule has 29 heavy (non-hydrogen) atoms. The first-order valence-electron chi connectivity index (χ1n) is 9.85. The zero-order valence-electron chi connectivity index (χ0n) is 16.3. The number of nitrogens with zero attached hydrogens (tertiary/aromatic N) is 5. The molecule has 6 nitrogen and oxygen atoms in total. The molecule has 0 fully saturated rings. The summed E-state index contributed by atoms with van der Waals surface area (Å²) in [6.07, 6.45) is 5.58. The van der Waals surface area contributed by atoms with Gasteiger partial charge in [0.1, 0.15) is 11.8 Å². The highest BCUT2D eigenvalue weighted by Gasteiger charge is 2.15. The second-order valence-corrected chi connectivity index (χ2v) is 7.29. The number of rotatable bonds is 5. The Kier molecular flexibility index (Phi) is 4.24. The summed E-state index contributed by atoms with van der Waals surface area (Å²) in [6, 6.07) is 18.9. The van der Waals surface area contributed by atoms with E-state index in [4.69, 9.17) is 10.8 Å². The van der Waals surface area contributed by atoms with Crippen LogP contribution in [0, 0.1) is 0 Å². The van der Waals surface area contributed by atoms with Crippen LogP contribution < -0.4 is 5.73 Å². The number of aromatic nitrogens is 5. The van der Waals surface area contributed by atoms with Crippen LogP contribution in [0.25, 0.3) is 27.5 Å². The third-order valence-electron chi connectivity index (χ3n) is 5.22. The molecule has 0 bridgehead atoms. The molecule has 0 radical (unpaired) electrons. The normalized spacial score (nSPS) is 11.5. The van der Waals surface area contributed by atoms with E-state index >= 15 is 0 Å². The Balaban J connectivity index is 1.59. The van der Waals surface area contributed by atoms with Crippen LogP contribution >= 0.6 is 0 Å². The van der Waals surface area contributed by atoms with Gasteiger partial charge in [0.05, 0.1) is 12.1 Å². The van der Waals surface area contributed by atoms with Crippen LogP contribution in [0.2, 0.25) is 0 Å². The van der Waals surface area contributed by atoms with E-state index in [1.165, 1.54) is 11.9 Å². The number of fused-ring (bicyclic) bond motifs is 2. The Morgan fingerprint density at radius 1 is 1.03 bits per heavy atom. The Bertz CT molecular complexity index is 1300. The van der Waals surface area contributed by atoms with Crippen molar-refractivity contribution < 1.29 is 0 Å². The molecule has 6 heteroatoms. The number of hydrogen-bond donors (Lipinski definition) is 1. The molecule has 0 saturated carbocycles. The molecule has 5 rings (SSSR count). The zero-order chi connectivity index (χ0) is 19.8. The SMILES string of the molecule is CCCc1cc(-c2ccc3cn(Cc4ccccc4)nc3c2)c2c(N)ncnn12. The van der Waals surface area contributed by atoms with Gasteiger partial charge in [-0.1, -0.05) is 55.8 Å². The highest BCUT2D eigenvalue weighted by Crippen LogP contribution is 2.32. The summed E-state index contributed by atoms with van der Waals surface area (Å²) in [5.74, 6) is 0.493. The highest BCUT2D eigenvalue weighted by molar-refractivity contribution is 5.92. The zero-order valence-corrected chi connectivity index (χ0v) is 16.3. The molecule has 0 atom stereocenters. The molecule has 0 aliphatic rings. The van der Waals surface area contributed by atoms with Crippen LogP contribution in [0.4, 0.5) is 5.82 Å². The van der Waals surface area contributed by atoms with E-state index in [-0.39, 0.29) is 0 Å². The van der Waals surface area contributed by atoms with Crippen molar-refractivity contribution in [2.24, 2.45) is 0 Å². The van der Waals surface area contributed by atoms with Crippen molar-refractivity contribution in [1.82, 2.24) is 24.4 Å². The monoisotopic (exact) mass is 382 g/mol. The van der Waals surface area contributed by atoms with Gasteiger partial charge in [-0.3, -0.25) is 4.68 Å². The van der Waals surface area contributed by atoms with Gasteiger partial charge in [-0.25, -0.2) is 9.50 Å². The van der Waals surface area contributed by atoms with Gasteiger partial charge in [0.2, 0.25) is 0 Å². The molecule has 2 N–H and O–H groups in total. The lowest BCUT2D eigenvalue weighted by atomic mass is 10.0. The Morgan fingerprint density at radius 2 is 1.90 bits per heavy atom. The van der Waals surface area contributed by atoms with E-state index in [1.54, 1.807) is 0 Å². The second-order valence-electron chi connectivity index (χ2n) is 7.29. The summed E-state index contributed by atoms with van der Waals surface area (Å²) in [5, 5.41) is 10.3. The predicted molar refractivity (Wildman–Crippen MR) is 116 cm³/mol. The summed E-state index contributed by atoms with van der Waals surface area (Å²) in [7, 11) is 0. The summed E-state index contributed by atoms with van der Waals surface area (Å²) in [4.78, 5) is 4.21. The van der Waals surface area contributed by atoms with Gasteiger partial charge in [0, 0.05) is 22.8 Å². The standard InChI is InChI=1S/C23H22N6/c1-2-6-19-12-20(22-23(24)25-15-26-29(19)22)17-9-10-18-14-28(27-21(18)11-17)13-16-7-4-3-5-8-16/h3-5,7-12,14-15H,2,6,13H2,1H3,(H2,24,25,26). The Morgan fingerprint density at radius 3 is 2.72 bits per heavy atom. The van der Waals surface area contributed by atoms with Crippen molar-refractivity contribution in [3.63, 3.8) is 0 Å². The number of anilines is 1. The van der Waals surface area contributed by atoms with Crippen LogP contribution in [0.15, 0.2) is 67.1 Å². The average molecular weight is 382 g/mol. The highest BCUT2D eigenvalue weighted by atomic mass is 15.3. The molecular formula is C23H22N6. The average Bonchev–Trinajstić information content (AvgIpc) is 3.30. The van der Waals surface area contributed by atoms with Gasteiger partial charge >= 0.3 is 0 Å². The van der Waals surface area contributed by atoms with Crippen LogP contribution in [-0.4, -0.2) is 24.4 Å². The molecule has 0 aliphatic heterocycles. The van der Waals surface area contributed by atoms with Gasteiger partial charge in [0.25, 0.3) is 0 Å². The van der Waals surface area contributed by atoms with Gasteiger partial charge in [0.15, 0.2) is 5.82 Å². The van der Waals surface area contributed by atoms with Crippen molar-refractivity contribution in [3.8, 4) is 11.1 Å². The van der Waals surface area contributed by atoms with Gasteiger partial charge < -0.3 is 5.73 Å². The lowest BCUT2D eigenvalue weighted by Gasteiger charge is -2.03. The maximum absolute atomic E-state index is 6.21. The van der Waals surface area contributed by atoms with Crippen LogP contribution in [0.5, 0.6) is 0 Å². The van der Waals surface area contributed by atoms with E-state index in [9.17, 15) is 0 Å². The first kappa shape index (κ1) is 17.4. The third-order valence-corrected chi connectivity index (χ3v) is 5.22. The molecule has 0 spiro atoms. The molecule has 0 aliphatic carbocycles. The molecule has 144 valence electrons. The van der Waals surface area contributed by atoms with Crippen LogP contribution in [-0.2, 0) is 13.0 Å². The van der Waals surface area contributed by atoms with Crippen molar-refractivity contribution >= 4 is 22.2 Å². The molecule has 0 saturated heterocycles.